The Kier molecular flexibility index (Phi) is 4.96. The number of benzene rings is 1. The Bertz CT molecular complexity index is 522. The first-order valence-electron chi connectivity index (χ1n) is 7.36. The lowest BCUT2D eigenvalue weighted by atomic mass is 10.0. The first kappa shape index (κ1) is 15.5. The van der Waals surface area contributed by atoms with E-state index in [-0.39, 0.29) is 23.1 Å². The van der Waals surface area contributed by atoms with Crippen LogP contribution in [0.4, 0.5) is 0 Å². The van der Waals surface area contributed by atoms with Gasteiger partial charge in [0.1, 0.15) is 0 Å². The van der Waals surface area contributed by atoms with E-state index in [9.17, 15) is 14.7 Å². The van der Waals surface area contributed by atoms with E-state index in [1.54, 1.807) is 30.1 Å². The van der Waals surface area contributed by atoms with Gasteiger partial charge in [0.2, 0.25) is 0 Å². The number of carbonyl (C=O) groups excluding carboxylic acids is 1. The molecule has 1 aromatic rings. The fraction of sp³-hybridized carbons (Fsp3) is 0.500. The molecule has 1 heterocycles. The molecule has 1 amide bonds. The predicted octanol–water partition coefficient (Wildman–Crippen LogP) is 1.94. The number of amides is 1. The quantitative estimate of drug-likeness (QED) is 0.920. The van der Waals surface area contributed by atoms with Crippen LogP contribution in [0.1, 0.15) is 40.5 Å². The zero-order valence-corrected chi connectivity index (χ0v) is 12.6. The standard InChI is InChI=1S/C16H22N2O3/c1-3-18-10-8-12(9-11-18)17(2)15(19)13-6-4-5-7-14(13)16(20)21/h4-7,12H,3,8-11H2,1-2H3,(H,20,21). The highest BCUT2D eigenvalue weighted by Crippen LogP contribution is 2.19. The summed E-state index contributed by atoms with van der Waals surface area (Å²) in [5, 5.41) is 9.20. The Balaban J connectivity index is 2.11. The van der Waals surface area contributed by atoms with Gasteiger partial charge in [-0.2, -0.15) is 0 Å². The second kappa shape index (κ2) is 6.72. The van der Waals surface area contributed by atoms with Crippen LogP contribution in [0.15, 0.2) is 24.3 Å². The van der Waals surface area contributed by atoms with Crippen molar-refractivity contribution in [1.29, 1.82) is 0 Å². The molecular formula is C16H22N2O3. The van der Waals surface area contributed by atoms with Crippen molar-refractivity contribution in [3.63, 3.8) is 0 Å². The molecule has 114 valence electrons. The summed E-state index contributed by atoms with van der Waals surface area (Å²) in [5.74, 6) is -1.27. The maximum Gasteiger partial charge on any atom is 0.336 e. The van der Waals surface area contributed by atoms with Crippen LogP contribution in [-0.2, 0) is 0 Å². The molecular weight excluding hydrogens is 268 g/mol. The van der Waals surface area contributed by atoms with E-state index in [0.29, 0.717) is 0 Å². The Hall–Kier alpha value is -1.88. The van der Waals surface area contributed by atoms with Crippen LogP contribution in [0.25, 0.3) is 0 Å². The van der Waals surface area contributed by atoms with Crippen molar-refractivity contribution in [3.05, 3.63) is 35.4 Å². The third-order valence-electron chi connectivity index (χ3n) is 4.26. The lowest BCUT2D eigenvalue weighted by molar-refractivity contribution is 0.0623. The molecule has 2 rings (SSSR count). The number of piperidine rings is 1. The highest BCUT2D eigenvalue weighted by molar-refractivity contribution is 6.04. The van der Waals surface area contributed by atoms with E-state index in [0.717, 1.165) is 32.5 Å². The van der Waals surface area contributed by atoms with E-state index in [2.05, 4.69) is 11.8 Å². The molecule has 1 aliphatic heterocycles. The van der Waals surface area contributed by atoms with Gasteiger partial charge >= 0.3 is 5.97 Å². The lowest BCUT2D eigenvalue weighted by Crippen LogP contribution is -2.45. The lowest BCUT2D eigenvalue weighted by Gasteiger charge is -2.36. The van der Waals surface area contributed by atoms with Crippen LogP contribution < -0.4 is 0 Å². The second-order valence-corrected chi connectivity index (χ2v) is 5.43. The third-order valence-corrected chi connectivity index (χ3v) is 4.26. The minimum Gasteiger partial charge on any atom is -0.478 e. The smallest absolute Gasteiger partial charge is 0.336 e. The van der Waals surface area contributed by atoms with Gasteiger partial charge in [-0.25, -0.2) is 4.79 Å². The maximum absolute atomic E-state index is 12.6. The van der Waals surface area contributed by atoms with Crippen LogP contribution in [-0.4, -0.2) is 59.5 Å². The normalized spacial score (nSPS) is 16.7. The van der Waals surface area contributed by atoms with Gasteiger partial charge in [0.15, 0.2) is 0 Å². The molecule has 0 atom stereocenters. The summed E-state index contributed by atoms with van der Waals surface area (Å²) in [5.41, 5.74) is 0.339. The Morgan fingerprint density at radius 2 is 1.81 bits per heavy atom. The fourth-order valence-electron chi connectivity index (χ4n) is 2.83. The number of nitrogens with zero attached hydrogens (tertiary/aromatic N) is 2. The molecule has 21 heavy (non-hydrogen) atoms. The van der Waals surface area contributed by atoms with Crippen molar-refractivity contribution >= 4 is 11.9 Å². The first-order valence-corrected chi connectivity index (χ1v) is 7.36. The molecule has 0 bridgehead atoms. The number of likely N-dealkylation sites (tertiary alicyclic amines) is 1. The van der Waals surface area contributed by atoms with Crippen LogP contribution in [0.2, 0.25) is 0 Å². The average molecular weight is 290 g/mol. The summed E-state index contributed by atoms with van der Waals surface area (Å²) in [6.45, 7) is 5.14. The summed E-state index contributed by atoms with van der Waals surface area (Å²) in [6.07, 6.45) is 1.87. The van der Waals surface area contributed by atoms with Gasteiger partial charge in [0.05, 0.1) is 11.1 Å². The fourth-order valence-corrected chi connectivity index (χ4v) is 2.83. The van der Waals surface area contributed by atoms with Crippen molar-refractivity contribution in [1.82, 2.24) is 9.80 Å². The largest absolute Gasteiger partial charge is 0.478 e. The number of hydrogen-bond acceptors (Lipinski definition) is 3. The molecule has 0 unspecified atom stereocenters. The number of carboxylic acid groups (broad SMARTS) is 1. The van der Waals surface area contributed by atoms with Gasteiger partial charge < -0.3 is 14.9 Å². The molecule has 5 heteroatoms. The van der Waals surface area contributed by atoms with Crippen molar-refractivity contribution in [2.45, 2.75) is 25.8 Å². The summed E-state index contributed by atoms with van der Waals surface area (Å²) in [7, 11) is 1.77. The SMILES string of the molecule is CCN1CCC(N(C)C(=O)c2ccccc2C(=O)O)CC1. The molecule has 0 aliphatic carbocycles. The average Bonchev–Trinajstić information content (AvgIpc) is 2.53. The summed E-state index contributed by atoms with van der Waals surface area (Å²) in [6, 6.07) is 6.59. The van der Waals surface area contributed by atoms with Gasteiger partial charge in [-0.15, -0.1) is 0 Å². The Morgan fingerprint density at radius 3 is 2.33 bits per heavy atom. The Labute approximate surface area is 125 Å². The van der Waals surface area contributed by atoms with E-state index >= 15 is 0 Å². The summed E-state index contributed by atoms with van der Waals surface area (Å²) in [4.78, 5) is 27.9. The molecule has 0 aromatic heterocycles. The van der Waals surface area contributed by atoms with Gasteiger partial charge in [0, 0.05) is 26.2 Å². The van der Waals surface area contributed by atoms with Crippen LogP contribution in [0, 0.1) is 0 Å². The van der Waals surface area contributed by atoms with E-state index in [4.69, 9.17) is 0 Å². The zero-order chi connectivity index (χ0) is 15.4. The van der Waals surface area contributed by atoms with Crippen molar-refractivity contribution in [3.8, 4) is 0 Å². The third kappa shape index (κ3) is 3.42. The van der Waals surface area contributed by atoms with Crippen LogP contribution in [0.5, 0.6) is 0 Å². The van der Waals surface area contributed by atoms with Gasteiger partial charge in [-0.1, -0.05) is 19.1 Å². The highest BCUT2D eigenvalue weighted by Gasteiger charge is 2.27. The van der Waals surface area contributed by atoms with Crippen LogP contribution in [0.3, 0.4) is 0 Å². The van der Waals surface area contributed by atoms with Gasteiger partial charge in [-0.3, -0.25) is 4.79 Å². The molecule has 0 radical (unpaired) electrons. The molecule has 1 fully saturated rings. The molecule has 1 aromatic carbocycles. The van der Waals surface area contributed by atoms with Crippen molar-refractivity contribution in [2.75, 3.05) is 26.7 Å². The molecule has 1 aliphatic rings. The first-order chi connectivity index (χ1) is 10.0. The maximum atomic E-state index is 12.6. The zero-order valence-electron chi connectivity index (χ0n) is 12.6. The number of rotatable bonds is 4. The molecule has 0 spiro atoms. The topological polar surface area (TPSA) is 60.9 Å². The molecule has 1 N–H and O–H groups in total. The molecule has 0 saturated carbocycles. The number of hydrogen-bond donors (Lipinski definition) is 1. The van der Waals surface area contributed by atoms with E-state index in [1.165, 1.54) is 6.07 Å². The predicted molar refractivity (Wildman–Crippen MR) is 80.6 cm³/mol. The monoisotopic (exact) mass is 290 g/mol. The summed E-state index contributed by atoms with van der Waals surface area (Å²) >= 11 is 0. The Morgan fingerprint density at radius 1 is 1.24 bits per heavy atom. The van der Waals surface area contributed by atoms with Gasteiger partial charge in [0.25, 0.3) is 5.91 Å². The van der Waals surface area contributed by atoms with E-state index in [1.807, 2.05) is 0 Å². The van der Waals surface area contributed by atoms with Crippen LogP contribution >= 0.6 is 0 Å². The summed E-state index contributed by atoms with van der Waals surface area (Å²) < 4.78 is 0. The second-order valence-electron chi connectivity index (χ2n) is 5.43. The van der Waals surface area contributed by atoms with Crippen molar-refractivity contribution in [2.24, 2.45) is 0 Å². The number of carbonyl (C=O) groups is 2. The highest BCUT2D eigenvalue weighted by atomic mass is 16.4. The minimum absolute atomic E-state index is 0.0698. The van der Waals surface area contributed by atoms with E-state index < -0.39 is 5.97 Å². The molecule has 1 saturated heterocycles. The van der Waals surface area contributed by atoms with Crippen molar-refractivity contribution < 1.29 is 14.7 Å². The molecule has 5 nitrogen and oxygen atoms in total. The number of aromatic carboxylic acids is 1. The minimum atomic E-state index is -1.06. The van der Waals surface area contributed by atoms with Gasteiger partial charge in [-0.05, 0) is 31.5 Å². The number of carboxylic acids is 1.